The third kappa shape index (κ3) is 4.29. The van der Waals surface area contributed by atoms with Gasteiger partial charge in [-0.2, -0.15) is 0 Å². The van der Waals surface area contributed by atoms with E-state index in [1.807, 2.05) is 0 Å². The van der Waals surface area contributed by atoms with E-state index in [1.54, 1.807) is 11.8 Å². The number of hydrogen-bond acceptors (Lipinski definition) is 5. The number of hydrogen-bond donors (Lipinski definition) is 1. The zero-order valence-electron chi connectivity index (χ0n) is 18.6. The molecular weight excluding hydrogens is 406 g/mol. The zero-order valence-corrected chi connectivity index (χ0v) is 19.4. The Labute approximate surface area is 189 Å². The first kappa shape index (κ1) is 21.4. The number of aliphatic imine (C=N–C) groups is 1. The maximum absolute atomic E-state index is 12.2. The Balaban J connectivity index is 1.50. The minimum absolute atomic E-state index is 0.136. The molecule has 1 unspecified atom stereocenters. The van der Waals surface area contributed by atoms with Crippen LogP contribution in [0.2, 0.25) is 0 Å². The van der Waals surface area contributed by atoms with E-state index in [9.17, 15) is 5.21 Å². The van der Waals surface area contributed by atoms with Crippen molar-refractivity contribution in [2.45, 2.75) is 56.4 Å². The number of fused-ring (bicyclic) bond motifs is 3. The van der Waals surface area contributed by atoms with Crippen LogP contribution in [0.5, 0.6) is 0 Å². The minimum Gasteiger partial charge on any atom is -0.379 e. The van der Waals surface area contributed by atoms with Crippen molar-refractivity contribution < 1.29 is 9.94 Å². The number of amidine groups is 1. The molecule has 2 aromatic carbocycles. The van der Waals surface area contributed by atoms with E-state index in [1.165, 1.54) is 35.1 Å². The summed E-state index contributed by atoms with van der Waals surface area (Å²) < 4.78 is 5.36. The highest BCUT2D eigenvalue weighted by Crippen LogP contribution is 2.50. The summed E-state index contributed by atoms with van der Waals surface area (Å²) in [4.78, 5) is 8.83. The SMILES string of the molecule is Cc1cc2ccccc2c2c1SC(=NC1CCCCC1)[N+]2(O)CCCN1CCOCC1. The Bertz CT molecular complexity index is 967. The second kappa shape index (κ2) is 9.20. The van der Waals surface area contributed by atoms with Gasteiger partial charge in [0.2, 0.25) is 0 Å². The first-order chi connectivity index (χ1) is 15.1. The van der Waals surface area contributed by atoms with Crippen molar-refractivity contribution in [3.8, 4) is 0 Å². The van der Waals surface area contributed by atoms with Gasteiger partial charge < -0.3 is 4.74 Å². The van der Waals surface area contributed by atoms with Crippen LogP contribution >= 0.6 is 11.8 Å². The Morgan fingerprint density at radius 3 is 2.74 bits per heavy atom. The molecule has 1 saturated carbocycles. The molecule has 0 radical (unpaired) electrons. The van der Waals surface area contributed by atoms with Gasteiger partial charge >= 0.3 is 5.17 Å². The summed E-state index contributed by atoms with van der Waals surface area (Å²) in [5.74, 6) is 0. The van der Waals surface area contributed by atoms with Gasteiger partial charge in [0.15, 0.2) is 5.69 Å². The second-order valence-electron chi connectivity index (χ2n) is 9.20. The Kier molecular flexibility index (Phi) is 6.35. The maximum atomic E-state index is 12.2. The van der Waals surface area contributed by atoms with Gasteiger partial charge in [-0.1, -0.05) is 42.1 Å². The predicted octanol–water partition coefficient (Wildman–Crippen LogP) is 5.36. The fourth-order valence-corrected chi connectivity index (χ4v) is 6.54. The predicted molar refractivity (Wildman–Crippen MR) is 129 cm³/mol. The molecule has 1 N–H and O–H groups in total. The molecule has 5 rings (SSSR count). The summed E-state index contributed by atoms with van der Waals surface area (Å²) in [7, 11) is 0. The average Bonchev–Trinajstić information content (AvgIpc) is 3.08. The van der Waals surface area contributed by atoms with Gasteiger partial charge in [0.25, 0.3) is 0 Å². The van der Waals surface area contributed by atoms with Crippen molar-refractivity contribution in [1.29, 1.82) is 0 Å². The van der Waals surface area contributed by atoms with Gasteiger partial charge in [-0.25, -0.2) is 10.2 Å². The van der Waals surface area contributed by atoms with Crippen LogP contribution in [-0.2, 0) is 4.74 Å². The standard InChI is InChI=1S/C25H34N3O2S/c1-19-18-20-8-5-6-11-22(20)23-24(19)31-25(26-21-9-3-2-4-10-21)28(23,29)15-7-12-27-13-16-30-17-14-27/h5-6,8,11,18,21,29H,2-4,7,9-10,12-17H2,1H3/q+1. The summed E-state index contributed by atoms with van der Waals surface area (Å²) in [6, 6.07) is 11.1. The lowest BCUT2D eigenvalue weighted by atomic mass is 9.96. The summed E-state index contributed by atoms with van der Waals surface area (Å²) in [5.41, 5.74) is 2.27. The molecule has 2 heterocycles. The van der Waals surface area contributed by atoms with Crippen LogP contribution in [0.1, 0.15) is 44.1 Å². The summed E-state index contributed by atoms with van der Waals surface area (Å²) in [6.45, 7) is 7.43. The first-order valence-corrected chi connectivity index (χ1v) is 12.7. The van der Waals surface area contributed by atoms with E-state index in [4.69, 9.17) is 9.73 Å². The number of nitrogens with zero attached hydrogens (tertiary/aromatic N) is 3. The maximum Gasteiger partial charge on any atom is 0.302 e. The monoisotopic (exact) mass is 440 g/mol. The van der Waals surface area contributed by atoms with Gasteiger partial charge in [0.05, 0.1) is 24.2 Å². The number of quaternary nitrogens is 1. The molecule has 5 nitrogen and oxygen atoms in total. The minimum atomic E-state index is -0.136. The average molecular weight is 441 g/mol. The number of rotatable bonds is 5. The van der Waals surface area contributed by atoms with Crippen LogP contribution in [0, 0.1) is 6.92 Å². The molecule has 31 heavy (non-hydrogen) atoms. The molecule has 1 atom stereocenters. The van der Waals surface area contributed by atoms with Gasteiger partial charge in [-0.15, -0.1) is 0 Å². The lowest BCUT2D eigenvalue weighted by molar-refractivity contribution is -0.00938. The van der Waals surface area contributed by atoms with E-state index in [-0.39, 0.29) is 4.65 Å². The van der Waals surface area contributed by atoms with Gasteiger partial charge in [0.1, 0.15) is 6.54 Å². The highest BCUT2D eigenvalue weighted by atomic mass is 32.2. The van der Waals surface area contributed by atoms with Crippen LogP contribution in [0.15, 0.2) is 40.2 Å². The lowest BCUT2D eigenvalue weighted by Crippen LogP contribution is -2.50. The Hall–Kier alpha value is -1.44. The Morgan fingerprint density at radius 1 is 1.16 bits per heavy atom. The van der Waals surface area contributed by atoms with Gasteiger partial charge in [0, 0.05) is 43.2 Å². The van der Waals surface area contributed by atoms with Crippen molar-refractivity contribution in [2.75, 3.05) is 39.4 Å². The molecule has 0 amide bonds. The topological polar surface area (TPSA) is 45.1 Å². The first-order valence-electron chi connectivity index (χ1n) is 11.9. The van der Waals surface area contributed by atoms with E-state index in [0.29, 0.717) is 12.6 Å². The number of thioether (sulfide) groups is 1. The van der Waals surface area contributed by atoms with Crippen LogP contribution in [-0.4, -0.2) is 60.7 Å². The number of morpholine rings is 1. The number of ether oxygens (including phenoxy) is 1. The van der Waals surface area contributed by atoms with Crippen molar-refractivity contribution in [3.05, 3.63) is 35.9 Å². The van der Waals surface area contributed by atoms with Crippen LogP contribution in [0.4, 0.5) is 5.69 Å². The van der Waals surface area contributed by atoms with Crippen LogP contribution in [0.25, 0.3) is 10.8 Å². The van der Waals surface area contributed by atoms with Crippen molar-refractivity contribution in [2.24, 2.45) is 4.99 Å². The highest BCUT2D eigenvalue weighted by Gasteiger charge is 2.48. The van der Waals surface area contributed by atoms with Crippen molar-refractivity contribution in [1.82, 2.24) is 9.55 Å². The van der Waals surface area contributed by atoms with E-state index in [2.05, 4.69) is 42.2 Å². The quantitative estimate of drug-likeness (QED) is 0.636. The molecule has 166 valence electrons. The van der Waals surface area contributed by atoms with E-state index in [0.717, 1.165) is 68.4 Å². The molecule has 0 aromatic heterocycles. The van der Waals surface area contributed by atoms with E-state index < -0.39 is 0 Å². The fourth-order valence-electron chi connectivity index (χ4n) is 5.25. The number of aryl methyl sites for hydroxylation is 1. The molecule has 2 fully saturated rings. The highest BCUT2D eigenvalue weighted by molar-refractivity contribution is 8.14. The van der Waals surface area contributed by atoms with Crippen LogP contribution in [0.3, 0.4) is 0 Å². The molecule has 6 heteroatoms. The molecule has 2 aromatic rings. The van der Waals surface area contributed by atoms with Gasteiger partial charge in [-0.05, 0) is 42.8 Å². The summed E-state index contributed by atoms with van der Waals surface area (Å²) >= 11 is 1.70. The largest absolute Gasteiger partial charge is 0.379 e. The fraction of sp³-hybridized carbons (Fsp3) is 0.560. The second-order valence-corrected chi connectivity index (χ2v) is 10.2. The number of hydroxylamine groups is 2. The van der Waals surface area contributed by atoms with Crippen molar-refractivity contribution >= 4 is 33.4 Å². The smallest absolute Gasteiger partial charge is 0.302 e. The van der Waals surface area contributed by atoms with Gasteiger partial charge in [-0.3, -0.25) is 4.90 Å². The molecule has 0 spiro atoms. The van der Waals surface area contributed by atoms with Crippen molar-refractivity contribution in [3.63, 3.8) is 0 Å². The zero-order chi connectivity index (χ0) is 21.3. The number of benzene rings is 2. The molecule has 1 saturated heterocycles. The molecule has 0 bridgehead atoms. The third-order valence-corrected chi connectivity index (χ3v) is 8.28. The Morgan fingerprint density at radius 2 is 1.94 bits per heavy atom. The molecule has 2 aliphatic heterocycles. The summed E-state index contributed by atoms with van der Waals surface area (Å²) in [5, 5.41) is 15.5. The third-order valence-electron chi connectivity index (χ3n) is 6.97. The van der Waals surface area contributed by atoms with Crippen LogP contribution < -0.4 is 4.65 Å². The molecule has 1 aliphatic carbocycles. The van der Waals surface area contributed by atoms with E-state index >= 15 is 0 Å². The lowest BCUT2D eigenvalue weighted by Gasteiger charge is -2.30. The molecule has 3 aliphatic rings. The normalized spacial score (nSPS) is 26.6. The summed E-state index contributed by atoms with van der Waals surface area (Å²) in [6.07, 6.45) is 7.05. The molecular formula is C25H34N3O2S+.